The molecule has 0 bridgehead atoms. The van der Waals surface area contributed by atoms with Gasteiger partial charge in [0.05, 0.1) is 12.2 Å². The molecule has 4 rings (SSSR count). The van der Waals surface area contributed by atoms with E-state index in [4.69, 9.17) is 10.7 Å². The summed E-state index contributed by atoms with van der Waals surface area (Å²) in [7, 11) is 0. The van der Waals surface area contributed by atoms with Crippen LogP contribution in [0.2, 0.25) is 0 Å². The van der Waals surface area contributed by atoms with Gasteiger partial charge in [-0.2, -0.15) is 0 Å². The average molecular weight is 365 g/mol. The first-order chi connectivity index (χ1) is 13.2. The number of nitrogens with zero attached hydrogens (tertiary/aromatic N) is 5. The number of nitrogens with one attached hydrogen (secondary N) is 1. The molecule has 1 aliphatic rings. The van der Waals surface area contributed by atoms with E-state index in [9.17, 15) is 0 Å². The highest BCUT2D eigenvalue weighted by Gasteiger charge is 2.21. The third-order valence-electron chi connectivity index (χ3n) is 5.14. The van der Waals surface area contributed by atoms with Crippen molar-refractivity contribution in [2.75, 3.05) is 31.5 Å². The second-order valence-corrected chi connectivity index (χ2v) is 7.19. The zero-order valence-electron chi connectivity index (χ0n) is 15.8. The molecule has 3 aromatic rings. The van der Waals surface area contributed by atoms with Crippen LogP contribution in [0.5, 0.6) is 0 Å². The van der Waals surface area contributed by atoms with Gasteiger partial charge in [0.1, 0.15) is 5.52 Å². The number of hydrogen-bond acceptors (Lipinski definition) is 6. The summed E-state index contributed by atoms with van der Waals surface area (Å²) in [5.74, 6) is 0.879. The van der Waals surface area contributed by atoms with Crippen LogP contribution in [-0.2, 0) is 6.54 Å². The summed E-state index contributed by atoms with van der Waals surface area (Å²) in [5.41, 5.74) is 9.52. The van der Waals surface area contributed by atoms with Crippen LogP contribution in [0.25, 0.3) is 11.2 Å². The fourth-order valence-electron chi connectivity index (χ4n) is 3.73. The van der Waals surface area contributed by atoms with E-state index in [0.717, 1.165) is 67.5 Å². The molecule has 4 heterocycles. The quantitative estimate of drug-likeness (QED) is 0.695. The van der Waals surface area contributed by atoms with Gasteiger partial charge in [0.15, 0.2) is 5.65 Å². The van der Waals surface area contributed by atoms with Crippen molar-refractivity contribution in [1.82, 2.24) is 24.4 Å². The Hall–Kier alpha value is -2.51. The molecule has 0 radical (unpaired) electrons. The third-order valence-corrected chi connectivity index (χ3v) is 5.14. The summed E-state index contributed by atoms with van der Waals surface area (Å²) in [4.78, 5) is 16.4. The van der Waals surface area contributed by atoms with E-state index in [0.29, 0.717) is 12.6 Å². The van der Waals surface area contributed by atoms with E-state index < -0.39 is 0 Å². The Morgan fingerprint density at radius 1 is 1.15 bits per heavy atom. The van der Waals surface area contributed by atoms with Crippen LogP contribution < -0.4 is 11.1 Å². The Bertz CT molecular complexity index is 896. The van der Waals surface area contributed by atoms with Crippen molar-refractivity contribution in [3.8, 4) is 0 Å². The molecule has 7 nitrogen and oxygen atoms in total. The molecule has 0 unspecified atom stereocenters. The fraction of sp³-hybridized carbons (Fsp3) is 0.450. The minimum atomic E-state index is 0.417. The number of aryl methyl sites for hydroxylation is 1. The van der Waals surface area contributed by atoms with Crippen LogP contribution >= 0.6 is 0 Å². The summed E-state index contributed by atoms with van der Waals surface area (Å²) in [6.07, 6.45) is 4.01. The van der Waals surface area contributed by atoms with Gasteiger partial charge < -0.3 is 16.0 Å². The minimum Gasteiger partial charge on any atom is -0.353 e. The molecule has 0 spiro atoms. The highest BCUT2D eigenvalue weighted by molar-refractivity contribution is 5.74. The van der Waals surface area contributed by atoms with Gasteiger partial charge in [-0.25, -0.2) is 9.97 Å². The minimum absolute atomic E-state index is 0.417. The topological polar surface area (TPSA) is 84.9 Å². The van der Waals surface area contributed by atoms with Gasteiger partial charge in [-0.05, 0) is 44.0 Å². The van der Waals surface area contributed by atoms with Gasteiger partial charge in [-0.3, -0.25) is 9.55 Å². The summed E-state index contributed by atoms with van der Waals surface area (Å²) < 4.78 is 2.14. The molecule has 1 saturated heterocycles. The Morgan fingerprint density at radius 3 is 2.78 bits per heavy atom. The zero-order chi connectivity index (χ0) is 18.6. The predicted octanol–water partition coefficient (Wildman–Crippen LogP) is 2.02. The molecular formula is C20H27N7. The standard InChI is InChI=1S/C20H27N7/c1-15-4-2-5-17(23-15)14-27-19-18(6-3-10-22-19)25-20(27)24-16-7-11-26(12-8-16)13-9-21/h2-6,10,16H,7-9,11-14,21H2,1H3,(H,24,25). The lowest BCUT2D eigenvalue weighted by molar-refractivity contribution is 0.224. The molecule has 3 N–H and O–H groups in total. The Labute approximate surface area is 159 Å². The van der Waals surface area contributed by atoms with Gasteiger partial charge in [0.2, 0.25) is 5.95 Å². The first-order valence-electron chi connectivity index (χ1n) is 9.65. The van der Waals surface area contributed by atoms with Gasteiger partial charge in [-0.15, -0.1) is 0 Å². The van der Waals surface area contributed by atoms with Crippen LogP contribution in [0.4, 0.5) is 5.95 Å². The van der Waals surface area contributed by atoms with Gasteiger partial charge >= 0.3 is 0 Å². The highest BCUT2D eigenvalue weighted by atomic mass is 15.3. The number of anilines is 1. The monoisotopic (exact) mass is 365 g/mol. The summed E-state index contributed by atoms with van der Waals surface area (Å²) in [6, 6.07) is 10.5. The number of likely N-dealkylation sites (tertiary alicyclic amines) is 1. The van der Waals surface area contributed by atoms with E-state index in [-0.39, 0.29) is 0 Å². The Balaban J connectivity index is 1.57. The predicted molar refractivity (Wildman–Crippen MR) is 108 cm³/mol. The number of nitrogens with two attached hydrogens (primary N) is 1. The number of aromatic nitrogens is 4. The second kappa shape index (κ2) is 8.02. The number of imidazole rings is 1. The van der Waals surface area contributed by atoms with Crippen molar-refractivity contribution >= 4 is 17.1 Å². The first-order valence-corrected chi connectivity index (χ1v) is 9.65. The molecule has 0 amide bonds. The Morgan fingerprint density at radius 2 is 2.00 bits per heavy atom. The van der Waals surface area contributed by atoms with Gasteiger partial charge in [0.25, 0.3) is 0 Å². The van der Waals surface area contributed by atoms with Gasteiger partial charge in [-0.1, -0.05) is 6.07 Å². The molecule has 7 heteroatoms. The molecule has 1 aliphatic heterocycles. The van der Waals surface area contributed by atoms with E-state index in [1.54, 1.807) is 0 Å². The smallest absolute Gasteiger partial charge is 0.205 e. The average Bonchev–Trinajstić information content (AvgIpc) is 3.01. The highest BCUT2D eigenvalue weighted by Crippen LogP contribution is 2.22. The summed E-state index contributed by atoms with van der Waals surface area (Å²) in [6.45, 7) is 6.53. The number of hydrogen-bond donors (Lipinski definition) is 2. The van der Waals surface area contributed by atoms with Gasteiger partial charge in [0, 0.05) is 44.1 Å². The first kappa shape index (κ1) is 17.9. The van der Waals surface area contributed by atoms with Crippen LogP contribution in [0.15, 0.2) is 36.5 Å². The number of fused-ring (bicyclic) bond motifs is 1. The molecule has 1 fully saturated rings. The number of piperidine rings is 1. The van der Waals surface area contributed by atoms with Crippen molar-refractivity contribution in [1.29, 1.82) is 0 Å². The van der Waals surface area contributed by atoms with E-state index in [1.807, 2.05) is 37.4 Å². The zero-order valence-corrected chi connectivity index (χ0v) is 15.8. The van der Waals surface area contributed by atoms with Crippen molar-refractivity contribution in [2.45, 2.75) is 32.4 Å². The molecule has 0 aromatic carbocycles. The largest absolute Gasteiger partial charge is 0.353 e. The second-order valence-electron chi connectivity index (χ2n) is 7.19. The lowest BCUT2D eigenvalue weighted by Crippen LogP contribution is -2.41. The summed E-state index contributed by atoms with van der Waals surface area (Å²) in [5, 5.41) is 3.66. The molecule has 0 saturated carbocycles. The Kier molecular flexibility index (Phi) is 5.31. The SMILES string of the molecule is Cc1cccc(Cn2c(NC3CCN(CCN)CC3)nc3cccnc32)n1. The normalized spacial score (nSPS) is 16.1. The van der Waals surface area contributed by atoms with E-state index in [2.05, 4.69) is 30.8 Å². The van der Waals surface area contributed by atoms with E-state index >= 15 is 0 Å². The van der Waals surface area contributed by atoms with Crippen LogP contribution in [0.1, 0.15) is 24.2 Å². The van der Waals surface area contributed by atoms with Crippen LogP contribution in [0.3, 0.4) is 0 Å². The molecular weight excluding hydrogens is 338 g/mol. The maximum Gasteiger partial charge on any atom is 0.205 e. The maximum atomic E-state index is 5.68. The lowest BCUT2D eigenvalue weighted by atomic mass is 10.1. The number of rotatable bonds is 6. The van der Waals surface area contributed by atoms with Crippen LogP contribution in [0, 0.1) is 6.92 Å². The maximum absolute atomic E-state index is 5.68. The van der Waals surface area contributed by atoms with Crippen molar-refractivity contribution in [3.63, 3.8) is 0 Å². The lowest BCUT2D eigenvalue weighted by Gasteiger charge is -2.32. The number of pyridine rings is 2. The molecule has 3 aromatic heterocycles. The molecule has 142 valence electrons. The van der Waals surface area contributed by atoms with Crippen LogP contribution in [-0.4, -0.2) is 56.6 Å². The summed E-state index contributed by atoms with van der Waals surface area (Å²) >= 11 is 0. The van der Waals surface area contributed by atoms with Crippen molar-refractivity contribution in [2.24, 2.45) is 5.73 Å². The van der Waals surface area contributed by atoms with Crippen molar-refractivity contribution in [3.05, 3.63) is 47.9 Å². The fourth-order valence-corrected chi connectivity index (χ4v) is 3.73. The molecule has 27 heavy (non-hydrogen) atoms. The van der Waals surface area contributed by atoms with Crippen molar-refractivity contribution < 1.29 is 0 Å². The third kappa shape index (κ3) is 4.09. The molecule has 0 atom stereocenters. The molecule has 0 aliphatic carbocycles. The van der Waals surface area contributed by atoms with E-state index in [1.165, 1.54) is 0 Å².